The van der Waals surface area contributed by atoms with Crippen molar-refractivity contribution in [1.82, 2.24) is 9.21 Å². The van der Waals surface area contributed by atoms with Crippen molar-refractivity contribution >= 4 is 10.0 Å². The summed E-state index contributed by atoms with van der Waals surface area (Å²) in [7, 11) is -1.86. The van der Waals surface area contributed by atoms with E-state index >= 15 is 0 Å². The van der Waals surface area contributed by atoms with Crippen LogP contribution in [0.3, 0.4) is 0 Å². The smallest absolute Gasteiger partial charge is 0.430 e. The molecule has 0 amide bonds. The Morgan fingerprint density at radius 1 is 0.917 bits per heavy atom. The Morgan fingerprint density at radius 2 is 1.47 bits per heavy atom. The van der Waals surface area contributed by atoms with E-state index in [0.29, 0.717) is 61.7 Å². The van der Waals surface area contributed by atoms with Crippen molar-refractivity contribution in [3.8, 4) is 16.9 Å². The first kappa shape index (κ1) is 28.2. The van der Waals surface area contributed by atoms with Crippen molar-refractivity contribution in [3.05, 3.63) is 53.1 Å². The summed E-state index contributed by atoms with van der Waals surface area (Å²) in [5.74, 6) is 0.361. The third-order valence-electron chi connectivity index (χ3n) is 6.23. The summed E-state index contributed by atoms with van der Waals surface area (Å²) in [6, 6.07) is 7.50. The fourth-order valence-electron chi connectivity index (χ4n) is 4.21. The Bertz CT molecular complexity index is 1190. The van der Waals surface area contributed by atoms with Gasteiger partial charge in [-0.05, 0) is 29.7 Å². The second-order valence-electron chi connectivity index (χ2n) is 8.71. The zero-order valence-electron chi connectivity index (χ0n) is 19.7. The van der Waals surface area contributed by atoms with Gasteiger partial charge in [0.05, 0.1) is 13.4 Å². The van der Waals surface area contributed by atoms with Crippen LogP contribution >= 0.6 is 0 Å². The number of benzene rings is 2. The summed E-state index contributed by atoms with van der Waals surface area (Å²) in [6.45, 7) is 3.62. The maximum absolute atomic E-state index is 13.3. The highest BCUT2D eigenvalue weighted by Crippen LogP contribution is 2.50. The van der Waals surface area contributed by atoms with E-state index in [-0.39, 0.29) is 5.56 Å². The van der Waals surface area contributed by atoms with E-state index in [4.69, 9.17) is 4.74 Å². The maximum Gasteiger partial charge on any atom is 0.430 e. The van der Waals surface area contributed by atoms with E-state index in [2.05, 4.69) is 4.90 Å². The minimum absolute atomic E-state index is 0.0855. The Kier molecular flexibility index (Phi) is 7.72. The third kappa shape index (κ3) is 5.48. The highest BCUT2D eigenvalue weighted by atomic mass is 32.2. The van der Waals surface area contributed by atoms with E-state index in [1.165, 1.54) is 18.3 Å². The van der Waals surface area contributed by atoms with Crippen molar-refractivity contribution in [2.24, 2.45) is 0 Å². The van der Waals surface area contributed by atoms with Crippen molar-refractivity contribution in [3.63, 3.8) is 0 Å². The van der Waals surface area contributed by atoms with E-state index < -0.39 is 33.5 Å². The van der Waals surface area contributed by atoms with Crippen LogP contribution in [0, 0.1) is 6.92 Å². The molecule has 200 valence electrons. The van der Waals surface area contributed by atoms with Crippen LogP contribution in [0.5, 0.6) is 5.75 Å². The number of aryl methyl sites for hydroxylation is 1. The van der Waals surface area contributed by atoms with Crippen molar-refractivity contribution in [2.75, 3.05) is 39.5 Å². The molecule has 13 heteroatoms. The monoisotopic (exact) mass is 540 g/mol. The molecule has 6 nitrogen and oxygen atoms in total. The predicted octanol–water partition coefficient (Wildman–Crippen LogP) is 4.06. The highest BCUT2D eigenvalue weighted by Gasteiger charge is 2.71. The van der Waals surface area contributed by atoms with Crippen LogP contribution in [-0.2, 0) is 22.2 Å². The molecular weight excluding hydrogens is 514 g/mol. The molecule has 1 aliphatic rings. The van der Waals surface area contributed by atoms with Gasteiger partial charge in [-0.2, -0.15) is 30.6 Å². The molecule has 0 saturated carbocycles. The molecule has 0 aliphatic carbocycles. The Labute approximate surface area is 205 Å². The molecule has 0 aromatic heterocycles. The lowest BCUT2D eigenvalue weighted by atomic mass is 9.88. The number of hydrogen-bond acceptors (Lipinski definition) is 5. The minimum atomic E-state index is -5.97. The quantitative estimate of drug-likeness (QED) is 0.560. The number of piperazine rings is 1. The molecule has 1 N–H and O–H groups in total. The molecule has 0 atom stereocenters. The van der Waals surface area contributed by atoms with E-state index in [1.54, 1.807) is 18.2 Å². The van der Waals surface area contributed by atoms with Crippen LogP contribution in [0.1, 0.15) is 16.7 Å². The van der Waals surface area contributed by atoms with E-state index in [1.807, 2.05) is 0 Å². The van der Waals surface area contributed by atoms with E-state index in [9.17, 15) is 39.9 Å². The first-order valence-electron chi connectivity index (χ1n) is 10.8. The van der Waals surface area contributed by atoms with Crippen molar-refractivity contribution < 1.29 is 44.6 Å². The molecular formula is C23H26F6N2O4S. The fourth-order valence-corrected chi connectivity index (χ4v) is 5.04. The predicted molar refractivity (Wildman–Crippen MR) is 121 cm³/mol. The minimum Gasteiger partial charge on any atom is -0.496 e. The average Bonchev–Trinajstić information content (AvgIpc) is 2.77. The van der Waals surface area contributed by atoms with Gasteiger partial charge >= 0.3 is 12.4 Å². The molecule has 0 bridgehead atoms. The zero-order valence-corrected chi connectivity index (χ0v) is 20.6. The third-order valence-corrected chi connectivity index (χ3v) is 7.53. The summed E-state index contributed by atoms with van der Waals surface area (Å²) >= 11 is 0. The molecule has 1 aliphatic heterocycles. The van der Waals surface area contributed by atoms with Gasteiger partial charge in [0, 0.05) is 43.9 Å². The first-order chi connectivity index (χ1) is 16.5. The molecule has 0 unspecified atom stereocenters. The van der Waals surface area contributed by atoms with Crippen LogP contribution in [0.15, 0.2) is 36.4 Å². The Morgan fingerprint density at radius 3 is 1.94 bits per heavy atom. The standard InChI is InChI=1S/C23H26F6N2O4S/c1-15-12-17(21(32,22(24,25)26)23(27,28)29)5-7-18(15)19-6-4-16(13-20(19)35-2)14-30-8-10-31(11-9-30)36(3,33)34/h4-7,12-13,32H,8-11,14H2,1-3H3. The van der Waals surface area contributed by atoms with Gasteiger partial charge in [-0.15, -0.1) is 0 Å². The van der Waals surface area contributed by atoms with E-state index in [0.717, 1.165) is 17.9 Å². The Hall–Kier alpha value is -2.35. The molecule has 2 aromatic carbocycles. The van der Waals surface area contributed by atoms with Crippen molar-refractivity contribution in [1.29, 1.82) is 0 Å². The first-order valence-corrected chi connectivity index (χ1v) is 12.7. The number of halogens is 6. The summed E-state index contributed by atoms with van der Waals surface area (Å²) in [5, 5.41) is 9.68. The summed E-state index contributed by atoms with van der Waals surface area (Å²) in [6.07, 6.45) is -10.8. The highest BCUT2D eigenvalue weighted by molar-refractivity contribution is 7.88. The molecule has 1 heterocycles. The van der Waals surface area contributed by atoms with Crippen molar-refractivity contribution in [2.45, 2.75) is 31.4 Å². The fraction of sp³-hybridized carbons (Fsp3) is 0.478. The van der Waals surface area contributed by atoms with Gasteiger partial charge < -0.3 is 9.84 Å². The maximum atomic E-state index is 13.3. The van der Waals surface area contributed by atoms with Crippen LogP contribution in [-0.4, -0.2) is 74.6 Å². The van der Waals surface area contributed by atoms with Crippen LogP contribution < -0.4 is 4.74 Å². The average molecular weight is 541 g/mol. The SMILES string of the molecule is COc1cc(CN2CCN(S(C)(=O)=O)CC2)ccc1-c1ccc(C(O)(C(F)(F)F)C(F)(F)F)cc1C. The lowest BCUT2D eigenvalue weighted by Crippen LogP contribution is -2.53. The van der Waals surface area contributed by atoms with Crippen LogP contribution in [0.2, 0.25) is 0 Å². The van der Waals surface area contributed by atoms with Gasteiger partial charge in [0.1, 0.15) is 5.75 Å². The molecule has 36 heavy (non-hydrogen) atoms. The summed E-state index contributed by atoms with van der Waals surface area (Å²) in [4.78, 5) is 2.06. The van der Waals surface area contributed by atoms with Crippen LogP contribution in [0.4, 0.5) is 26.3 Å². The van der Waals surface area contributed by atoms with Gasteiger partial charge in [-0.1, -0.05) is 30.3 Å². The lowest BCUT2D eigenvalue weighted by Gasteiger charge is -2.33. The second-order valence-corrected chi connectivity index (χ2v) is 10.7. The number of nitrogens with zero attached hydrogens (tertiary/aromatic N) is 2. The van der Waals surface area contributed by atoms with Crippen LogP contribution in [0.25, 0.3) is 11.1 Å². The number of hydrogen-bond donors (Lipinski definition) is 1. The molecule has 3 rings (SSSR count). The number of alkyl halides is 6. The topological polar surface area (TPSA) is 70.1 Å². The van der Waals surface area contributed by atoms with Gasteiger partial charge in [0.25, 0.3) is 5.60 Å². The largest absolute Gasteiger partial charge is 0.496 e. The number of ether oxygens (including phenoxy) is 1. The van der Waals surface area contributed by atoms with Gasteiger partial charge in [-0.3, -0.25) is 4.90 Å². The number of aliphatic hydroxyl groups is 1. The van der Waals surface area contributed by atoms with Gasteiger partial charge in [0.2, 0.25) is 10.0 Å². The number of rotatable bonds is 6. The molecule has 0 spiro atoms. The Balaban J connectivity index is 1.87. The molecule has 2 aromatic rings. The van der Waals surface area contributed by atoms with Gasteiger partial charge in [-0.25, -0.2) is 8.42 Å². The second kappa shape index (κ2) is 9.84. The molecule has 1 fully saturated rings. The summed E-state index contributed by atoms with van der Waals surface area (Å²) in [5.41, 5.74) is -4.61. The summed E-state index contributed by atoms with van der Waals surface area (Å²) < 4.78 is 110. The molecule has 1 saturated heterocycles. The normalized spacial score (nSPS) is 16.8. The zero-order chi connectivity index (χ0) is 27.1. The number of methoxy groups -OCH3 is 1. The number of sulfonamides is 1. The van der Waals surface area contributed by atoms with Gasteiger partial charge in [0.15, 0.2) is 0 Å². The molecule has 0 radical (unpaired) electrons. The lowest BCUT2D eigenvalue weighted by molar-refractivity contribution is -0.376.